The lowest BCUT2D eigenvalue weighted by Crippen LogP contribution is -2.43. The Morgan fingerprint density at radius 3 is 2.46 bits per heavy atom. The Labute approximate surface area is 138 Å². The molecule has 1 heterocycles. The van der Waals surface area contributed by atoms with E-state index in [1.54, 1.807) is 6.07 Å². The van der Waals surface area contributed by atoms with Gasteiger partial charge in [0.25, 0.3) is 5.91 Å². The smallest absolute Gasteiger partial charge is 0.254 e. The summed E-state index contributed by atoms with van der Waals surface area (Å²) in [5.41, 5.74) is 0.408. The average molecular weight is 330 g/mol. The lowest BCUT2D eigenvalue weighted by molar-refractivity contribution is -0.119. The molecular weight excluding hydrogens is 314 g/mol. The van der Waals surface area contributed by atoms with Crippen LogP contribution in [0.2, 0.25) is 0 Å². The first kappa shape index (κ1) is 16.1. The molecule has 124 valence electrons. The standard InChI is InChI=1S/C18H16F2N2O2/c19-13-9-7-12(8-10-13)18(24)22-11-3-6-16(22)17(23)21-15-5-2-1-4-14(15)20/h1-2,4-5,7-10,16H,3,6,11H2,(H,21,23)/t16-/m1/s1. The zero-order chi connectivity index (χ0) is 17.1. The van der Waals surface area contributed by atoms with Gasteiger partial charge >= 0.3 is 0 Å². The summed E-state index contributed by atoms with van der Waals surface area (Å²) in [4.78, 5) is 26.4. The zero-order valence-electron chi connectivity index (χ0n) is 12.8. The van der Waals surface area contributed by atoms with Crippen LogP contribution in [0.15, 0.2) is 48.5 Å². The summed E-state index contributed by atoms with van der Waals surface area (Å²) in [5, 5.41) is 2.53. The highest BCUT2D eigenvalue weighted by Crippen LogP contribution is 2.22. The van der Waals surface area contributed by atoms with E-state index in [0.29, 0.717) is 24.9 Å². The summed E-state index contributed by atoms with van der Waals surface area (Å²) in [6, 6.07) is 10.4. The molecule has 4 nitrogen and oxygen atoms in total. The summed E-state index contributed by atoms with van der Waals surface area (Å²) >= 11 is 0. The molecular formula is C18H16F2N2O2. The van der Waals surface area contributed by atoms with E-state index in [1.165, 1.54) is 47.4 Å². The van der Waals surface area contributed by atoms with Crippen molar-refractivity contribution in [2.45, 2.75) is 18.9 Å². The van der Waals surface area contributed by atoms with Crippen molar-refractivity contribution < 1.29 is 18.4 Å². The first-order valence-electron chi connectivity index (χ1n) is 7.68. The highest BCUT2D eigenvalue weighted by Gasteiger charge is 2.34. The number of hydrogen-bond acceptors (Lipinski definition) is 2. The number of carbonyl (C=O) groups excluding carboxylic acids is 2. The molecule has 3 rings (SSSR count). The normalized spacial score (nSPS) is 16.9. The van der Waals surface area contributed by atoms with Gasteiger partial charge in [-0.25, -0.2) is 8.78 Å². The molecule has 0 radical (unpaired) electrons. The molecule has 0 unspecified atom stereocenters. The van der Waals surface area contributed by atoms with Gasteiger partial charge in [0.05, 0.1) is 5.69 Å². The molecule has 24 heavy (non-hydrogen) atoms. The van der Waals surface area contributed by atoms with Crippen LogP contribution in [-0.4, -0.2) is 29.3 Å². The van der Waals surface area contributed by atoms with Crippen LogP contribution >= 0.6 is 0 Å². The summed E-state index contributed by atoms with van der Waals surface area (Å²) in [6.07, 6.45) is 1.19. The van der Waals surface area contributed by atoms with Gasteiger partial charge in [-0.05, 0) is 49.2 Å². The Morgan fingerprint density at radius 1 is 1.04 bits per heavy atom. The maximum absolute atomic E-state index is 13.7. The summed E-state index contributed by atoms with van der Waals surface area (Å²) in [6.45, 7) is 0.436. The van der Waals surface area contributed by atoms with Gasteiger partial charge < -0.3 is 10.2 Å². The van der Waals surface area contributed by atoms with E-state index in [4.69, 9.17) is 0 Å². The van der Waals surface area contributed by atoms with Gasteiger partial charge in [0.15, 0.2) is 0 Å². The van der Waals surface area contributed by atoms with Crippen LogP contribution < -0.4 is 5.32 Å². The summed E-state index contributed by atoms with van der Waals surface area (Å²) in [7, 11) is 0. The van der Waals surface area contributed by atoms with Gasteiger partial charge in [0.1, 0.15) is 17.7 Å². The number of likely N-dealkylation sites (tertiary alicyclic amines) is 1. The monoisotopic (exact) mass is 330 g/mol. The number of nitrogens with one attached hydrogen (secondary N) is 1. The van der Waals surface area contributed by atoms with Gasteiger partial charge in [0.2, 0.25) is 5.91 Å². The molecule has 1 N–H and O–H groups in total. The topological polar surface area (TPSA) is 49.4 Å². The second kappa shape index (κ2) is 6.78. The number of rotatable bonds is 3. The van der Waals surface area contributed by atoms with E-state index >= 15 is 0 Å². The minimum atomic E-state index is -0.665. The molecule has 1 saturated heterocycles. The maximum atomic E-state index is 13.7. The molecule has 2 amide bonds. The van der Waals surface area contributed by atoms with Crippen LogP contribution in [0.1, 0.15) is 23.2 Å². The molecule has 0 aromatic heterocycles. The van der Waals surface area contributed by atoms with Gasteiger partial charge in [0, 0.05) is 12.1 Å². The number of halogens is 2. The van der Waals surface area contributed by atoms with E-state index in [0.717, 1.165) is 0 Å². The number of nitrogens with zero attached hydrogens (tertiary/aromatic N) is 1. The quantitative estimate of drug-likeness (QED) is 0.939. The SMILES string of the molecule is O=C(Nc1ccccc1F)[C@H]1CCCN1C(=O)c1ccc(F)cc1. The van der Waals surface area contributed by atoms with Crippen molar-refractivity contribution in [2.75, 3.05) is 11.9 Å². The van der Waals surface area contributed by atoms with Crippen molar-refractivity contribution in [3.63, 3.8) is 0 Å². The first-order chi connectivity index (χ1) is 11.6. The van der Waals surface area contributed by atoms with Crippen LogP contribution in [0.25, 0.3) is 0 Å². The molecule has 1 fully saturated rings. The molecule has 1 aliphatic rings. The fraction of sp³-hybridized carbons (Fsp3) is 0.222. The Hall–Kier alpha value is -2.76. The number of hydrogen-bond donors (Lipinski definition) is 1. The number of para-hydroxylation sites is 1. The Balaban J connectivity index is 1.75. The van der Waals surface area contributed by atoms with Crippen LogP contribution in [0, 0.1) is 11.6 Å². The molecule has 1 atom stereocenters. The number of amides is 2. The predicted octanol–water partition coefficient (Wildman–Crippen LogP) is 3.21. The third-order valence-electron chi connectivity index (χ3n) is 4.04. The third kappa shape index (κ3) is 3.27. The second-order valence-electron chi connectivity index (χ2n) is 5.63. The highest BCUT2D eigenvalue weighted by molar-refractivity contribution is 6.01. The van der Waals surface area contributed by atoms with Gasteiger partial charge in [-0.1, -0.05) is 12.1 Å². The van der Waals surface area contributed by atoms with Crippen LogP contribution in [0.3, 0.4) is 0 Å². The third-order valence-corrected chi connectivity index (χ3v) is 4.04. The molecule has 2 aromatic rings. The molecule has 0 bridgehead atoms. The zero-order valence-corrected chi connectivity index (χ0v) is 12.8. The van der Waals surface area contributed by atoms with Crippen molar-refractivity contribution in [1.82, 2.24) is 4.90 Å². The van der Waals surface area contributed by atoms with Crippen LogP contribution in [-0.2, 0) is 4.79 Å². The van der Waals surface area contributed by atoms with Crippen LogP contribution in [0.4, 0.5) is 14.5 Å². The van der Waals surface area contributed by atoms with Crippen molar-refractivity contribution in [3.8, 4) is 0 Å². The van der Waals surface area contributed by atoms with Gasteiger partial charge in [-0.3, -0.25) is 9.59 Å². The Morgan fingerprint density at radius 2 is 1.75 bits per heavy atom. The van der Waals surface area contributed by atoms with Crippen molar-refractivity contribution in [3.05, 3.63) is 65.7 Å². The van der Waals surface area contributed by atoms with E-state index in [1.807, 2.05) is 0 Å². The molecule has 0 aliphatic carbocycles. The summed E-state index contributed by atoms with van der Waals surface area (Å²) < 4.78 is 26.7. The minimum Gasteiger partial charge on any atom is -0.327 e. The molecule has 2 aromatic carbocycles. The number of carbonyl (C=O) groups is 2. The fourth-order valence-corrected chi connectivity index (χ4v) is 2.82. The minimum absolute atomic E-state index is 0.0866. The largest absolute Gasteiger partial charge is 0.327 e. The van der Waals surface area contributed by atoms with Crippen molar-refractivity contribution >= 4 is 17.5 Å². The summed E-state index contributed by atoms with van der Waals surface area (Å²) in [5.74, 6) is -1.71. The first-order valence-corrected chi connectivity index (χ1v) is 7.68. The Bertz CT molecular complexity index is 762. The number of benzene rings is 2. The number of anilines is 1. The van der Waals surface area contributed by atoms with E-state index in [-0.39, 0.29) is 11.6 Å². The van der Waals surface area contributed by atoms with Crippen molar-refractivity contribution in [2.24, 2.45) is 0 Å². The lowest BCUT2D eigenvalue weighted by Gasteiger charge is -2.24. The fourth-order valence-electron chi connectivity index (χ4n) is 2.82. The maximum Gasteiger partial charge on any atom is 0.254 e. The molecule has 0 spiro atoms. The second-order valence-corrected chi connectivity index (χ2v) is 5.63. The Kier molecular flexibility index (Phi) is 4.55. The molecule has 0 saturated carbocycles. The van der Waals surface area contributed by atoms with E-state index in [9.17, 15) is 18.4 Å². The van der Waals surface area contributed by atoms with Gasteiger partial charge in [-0.2, -0.15) is 0 Å². The predicted molar refractivity (Wildman–Crippen MR) is 85.5 cm³/mol. The van der Waals surface area contributed by atoms with E-state index < -0.39 is 23.6 Å². The molecule has 6 heteroatoms. The van der Waals surface area contributed by atoms with Gasteiger partial charge in [-0.15, -0.1) is 0 Å². The average Bonchev–Trinajstić information content (AvgIpc) is 3.07. The molecule has 1 aliphatic heterocycles. The van der Waals surface area contributed by atoms with E-state index in [2.05, 4.69) is 5.32 Å². The highest BCUT2D eigenvalue weighted by atomic mass is 19.1. The van der Waals surface area contributed by atoms with Crippen LogP contribution in [0.5, 0.6) is 0 Å². The van der Waals surface area contributed by atoms with Crippen molar-refractivity contribution in [1.29, 1.82) is 0 Å². The lowest BCUT2D eigenvalue weighted by atomic mass is 10.1.